The fourth-order valence-electron chi connectivity index (χ4n) is 1.76. The molecule has 3 nitrogen and oxygen atoms in total. The van der Waals surface area contributed by atoms with E-state index in [1.54, 1.807) is 23.5 Å². The van der Waals surface area contributed by atoms with Crippen LogP contribution in [0.3, 0.4) is 0 Å². The fraction of sp³-hybridized carbons (Fsp3) is 0.214. The molecule has 0 aliphatic heterocycles. The fourth-order valence-corrected chi connectivity index (χ4v) is 2.42. The maximum absolute atomic E-state index is 13.0. The first-order valence-corrected chi connectivity index (χ1v) is 6.83. The maximum Gasteiger partial charge on any atom is 0.238 e. The summed E-state index contributed by atoms with van der Waals surface area (Å²) in [7, 11) is 1.88. The average molecular weight is 278 g/mol. The predicted octanol–water partition coefficient (Wildman–Crippen LogP) is 2.96. The zero-order valence-corrected chi connectivity index (χ0v) is 11.4. The van der Waals surface area contributed by atoms with Crippen LogP contribution in [0.5, 0.6) is 0 Å². The predicted molar refractivity (Wildman–Crippen MR) is 75.7 cm³/mol. The maximum atomic E-state index is 13.0. The molecule has 0 radical (unpaired) electrons. The number of amides is 1. The number of hydrogen-bond donors (Lipinski definition) is 1. The van der Waals surface area contributed by atoms with Crippen molar-refractivity contribution >= 4 is 22.9 Å². The second-order valence-corrected chi connectivity index (χ2v) is 5.14. The number of nitrogens with zero attached hydrogens (tertiary/aromatic N) is 1. The van der Waals surface area contributed by atoms with Crippen molar-refractivity contribution in [2.45, 2.75) is 6.54 Å². The van der Waals surface area contributed by atoms with Gasteiger partial charge in [-0.3, -0.25) is 9.69 Å². The van der Waals surface area contributed by atoms with Gasteiger partial charge in [-0.15, -0.1) is 0 Å². The van der Waals surface area contributed by atoms with Gasteiger partial charge in [0.1, 0.15) is 5.82 Å². The molecular formula is C14H15FN2OS. The minimum absolute atomic E-state index is 0.150. The number of anilines is 1. The molecule has 0 fully saturated rings. The third kappa shape index (κ3) is 4.46. The SMILES string of the molecule is CN(CC(=O)Nc1cccc(F)c1)Cc1ccsc1. The van der Waals surface area contributed by atoms with E-state index in [0.717, 1.165) is 6.54 Å². The number of rotatable bonds is 5. The van der Waals surface area contributed by atoms with Crippen LogP contribution in [-0.2, 0) is 11.3 Å². The number of carbonyl (C=O) groups excluding carboxylic acids is 1. The number of benzene rings is 1. The lowest BCUT2D eigenvalue weighted by atomic mass is 10.3. The Bertz CT molecular complexity index is 542. The Labute approximate surface area is 115 Å². The first-order valence-electron chi connectivity index (χ1n) is 5.88. The number of carbonyl (C=O) groups is 1. The quantitative estimate of drug-likeness (QED) is 0.912. The Morgan fingerprint density at radius 2 is 2.26 bits per heavy atom. The van der Waals surface area contributed by atoms with Gasteiger partial charge in [0.25, 0.3) is 0 Å². The van der Waals surface area contributed by atoms with Gasteiger partial charge in [0.15, 0.2) is 0 Å². The van der Waals surface area contributed by atoms with E-state index in [1.165, 1.54) is 17.7 Å². The third-order valence-electron chi connectivity index (χ3n) is 2.55. The van der Waals surface area contributed by atoms with Crippen molar-refractivity contribution in [3.05, 3.63) is 52.5 Å². The zero-order valence-electron chi connectivity index (χ0n) is 10.6. The molecule has 0 aliphatic rings. The van der Waals surface area contributed by atoms with E-state index in [-0.39, 0.29) is 18.3 Å². The van der Waals surface area contributed by atoms with Crippen LogP contribution >= 0.6 is 11.3 Å². The lowest BCUT2D eigenvalue weighted by Crippen LogP contribution is -2.29. The van der Waals surface area contributed by atoms with Gasteiger partial charge in [-0.05, 0) is 47.6 Å². The van der Waals surface area contributed by atoms with E-state index in [4.69, 9.17) is 0 Å². The Hall–Kier alpha value is -1.72. The van der Waals surface area contributed by atoms with Gasteiger partial charge in [0, 0.05) is 12.2 Å². The molecule has 1 aromatic heterocycles. The topological polar surface area (TPSA) is 32.3 Å². The van der Waals surface area contributed by atoms with Gasteiger partial charge in [0.2, 0.25) is 5.91 Å². The second kappa shape index (κ2) is 6.45. The lowest BCUT2D eigenvalue weighted by molar-refractivity contribution is -0.117. The average Bonchev–Trinajstić information content (AvgIpc) is 2.81. The molecule has 0 bridgehead atoms. The molecule has 1 amide bonds. The van der Waals surface area contributed by atoms with Crippen molar-refractivity contribution in [3.8, 4) is 0 Å². The summed E-state index contributed by atoms with van der Waals surface area (Å²) in [5.74, 6) is -0.507. The van der Waals surface area contributed by atoms with Crippen molar-refractivity contribution in [1.82, 2.24) is 4.90 Å². The number of likely N-dealkylation sites (N-methyl/N-ethyl adjacent to an activating group) is 1. The molecule has 1 heterocycles. The van der Waals surface area contributed by atoms with Gasteiger partial charge in [-0.1, -0.05) is 6.07 Å². The molecule has 0 atom stereocenters. The van der Waals surface area contributed by atoms with Crippen LogP contribution in [-0.4, -0.2) is 24.4 Å². The number of hydrogen-bond acceptors (Lipinski definition) is 3. The molecule has 0 aliphatic carbocycles. The molecule has 5 heteroatoms. The van der Waals surface area contributed by atoms with Crippen LogP contribution in [0, 0.1) is 5.82 Å². The molecule has 1 aromatic carbocycles. The lowest BCUT2D eigenvalue weighted by Gasteiger charge is -2.15. The highest BCUT2D eigenvalue weighted by molar-refractivity contribution is 7.07. The van der Waals surface area contributed by atoms with Crippen molar-refractivity contribution in [2.75, 3.05) is 18.9 Å². The Balaban J connectivity index is 1.84. The largest absolute Gasteiger partial charge is 0.325 e. The van der Waals surface area contributed by atoms with Crippen molar-refractivity contribution in [2.24, 2.45) is 0 Å². The molecule has 100 valence electrons. The number of nitrogens with one attached hydrogen (secondary N) is 1. The summed E-state index contributed by atoms with van der Waals surface area (Å²) in [6.45, 7) is 0.992. The summed E-state index contributed by atoms with van der Waals surface area (Å²) in [5.41, 5.74) is 1.67. The molecule has 19 heavy (non-hydrogen) atoms. The third-order valence-corrected chi connectivity index (χ3v) is 3.29. The molecule has 0 saturated heterocycles. The Kier molecular flexibility index (Phi) is 4.65. The second-order valence-electron chi connectivity index (χ2n) is 4.36. The molecule has 0 unspecified atom stereocenters. The standard InChI is InChI=1S/C14H15FN2OS/c1-17(8-11-5-6-19-10-11)9-14(18)16-13-4-2-3-12(15)7-13/h2-7,10H,8-9H2,1H3,(H,16,18). The van der Waals surface area contributed by atoms with Crippen molar-refractivity contribution in [3.63, 3.8) is 0 Å². The first kappa shape index (κ1) is 13.7. The summed E-state index contributed by atoms with van der Waals surface area (Å²) < 4.78 is 13.0. The van der Waals surface area contributed by atoms with Gasteiger partial charge in [0.05, 0.1) is 6.54 Å². The first-order chi connectivity index (χ1) is 9.13. The summed E-state index contributed by atoms with van der Waals surface area (Å²) in [5, 5.41) is 6.74. The molecule has 0 saturated carbocycles. The highest BCUT2D eigenvalue weighted by Gasteiger charge is 2.08. The molecule has 2 rings (SSSR count). The number of halogens is 1. The van der Waals surface area contributed by atoms with E-state index < -0.39 is 0 Å². The molecular weight excluding hydrogens is 263 g/mol. The van der Waals surface area contributed by atoms with Gasteiger partial charge in [-0.2, -0.15) is 11.3 Å². The van der Waals surface area contributed by atoms with Crippen LogP contribution < -0.4 is 5.32 Å². The summed E-state index contributed by atoms with van der Waals surface area (Å²) in [4.78, 5) is 13.7. The smallest absolute Gasteiger partial charge is 0.238 e. The van der Waals surface area contributed by atoms with Gasteiger partial charge < -0.3 is 5.32 Å². The highest BCUT2D eigenvalue weighted by atomic mass is 32.1. The van der Waals surface area contributed by atoms with Crippen molar-refractivity contribution < 1.29 is 9.18 Å². The summed E-state index contributed by atoms with van der Waals surface area (Å²) in [6.07, 6.45) is 0. The van der Waals surface area contributed by atoms with Gasteiger partial charge >= 0.3 is 0 Å². The van der Waals surface area contributed by atoms with Crippen molar-refractivity contribution in [1.29, 1.82) is 0 Å². The van der Waals surface area contributed by atoms with Crippen LogP contribution in [0.25, 0.3) is 0 Å². The Morgan fingerprint density at radius 3 is 2.95 bits per heavy atom. The molecule has 0 spiro atoms. The zero-order chi connectivity index (χ0) is 13.7. The number of thiophene rings is 1. The van der Waals surface area contributed by atoms with E-state index in [1.807, 2.05) is 23.4 Å². The van der Waals surface area contributed by atoms with Crippen LogP contribution in [0.4, 0.5) is 10.1 Å². The van der Waals surface area contributed by atoms with Crippen LogP contribution in [0.2, 0.25) is 0 Å². The molecule has 2 aromatic rings. The van der Waals surface area contributed by atoms with E-state index >= 15 is 0 Å². The highest BCUT2D eigenvalue weighted by Crippen LogP contribution is 2.10. The monoisotopic (exact) mass is 278 g/mol. The van der Waals surface area contributed by atoms with Gasteiger partial charge in [-0.25, -0.2) is 4.39 Å². The minimum Gasteiger partial charge on any atom is -0.325 e. The van der Waals surface area contributed by atoms with E-state index in [0.29, 0.717) is 5.69 Å². The van der Waals surface area contributed by atoms with Crippen LogP contribution in [0.15, 0.2) is 41.1 Å². The summed E-state index contributed by atoms with van der Waals surface area (Å²) in [6, 6.07) is 7.92. The van der Waals surface area contributed by atoms with Crippen LogP contribution in [0.1, 0.15) is 5.56 Å². The minimum atomic E-state index is -0.357. The molecule has 1 N–H and O–H groups in total. The Morgan fingerprint density at radius 1 is 1.42 bits per heavy atom. The van der Waals surface area contributed by atoms with E-state index in [9.17, 15) is 9.18 Å². The normalized spacial score (nSPS) is 10.7. The van der Waals surface area contributed by atoms with E-state index in [2.05, 4.69) is 10.7 Å². The summed E-state index contributed by atoms with van der Waals surface area (Å²) >= 11 is 1.64.